The van der Waals surface area contributed by atoms with E-state index >= 15 is 0 Å². The Morgan fingerprint density at radius 2 is 1.75 bits per heavy atom. The third kappa shape index (κ3) is 3.33. The number of hydrogen-bond donors (Lipinski definition) is 1. The first-order chi connectivity index (χ1) is 7.50. The van der Waals surface area contributed by atoms with E-state index in [1.807, 2.05) is 18.7 Å². The molecule has 1 aliphatic heterocycles. The van der Waals surface area contributed by atoms with Crippen LogP contribution < -0.4 is 0 Å². The van der Waals surface area contributed by atoms with Crippen molar-refractivity contribution in [3.8, 4) is 0 Å². The van der Waals surface area contributed by atoms with Gasteiger partial charge in [-0.05, 0) is 12.8 Å². The Kier molecular flexibility index (Phi) is 4.53. The van der Waals surface area contributed by atoms with Crippen LogP contribution in [0, 0.1) is 0 Å². The van der Waals surface area contributed by atoms with E-state index in [1.54, 1.807) is 0 Å². The lowest BCUT2D eigenvalue weighted by atomic mass is 9.98. The highest BCUT2D eigenvalue weighted by Crippen LogP contribution is 2.22. The van der Waals surface area contributed by atoms with Gasteiger partial charge < -0.3 is 10.0 Å². The first kappa shape index (κ1) is 13.2. The largest absolute Gasteiger partial charge is 0.465 e. The number of carboxylic acid groups (broad SMARTS) is 1. The number of hydrogen-bond acceptors (Lipinski definition) is 2. The molecule has 1 N–H and O–H groups in total. The highest BCUT2D eigenvalue weighted by Gasteiger charge is 2.30. The van der Waals surface area contributed by atoms with Crippen LogP contribution in [0.3, 0.4) is 0 Å². The average molecular weight is 232 g/mol. The van der Waals surface area contributed by atoms with Crippen LogP contribution in [0.2, 0.25) is 0 Å². The molecule has 1 rings (SSSR count). The van der Waals surface area contributed by atoms with Gasteiger partial charge in [-0.15, -0.1) is 0 Å². The van der Waals surface area contributed by atoms with Gasteiger partial charge in [-0.3, -0.25) is 4.90 Å². The summed E-state index contributed by atoms with van der Waals surface area (Å²) < 4.78 is 14.1. The lowest BCUT2D eigenvalue weighted by Crippen LogP contribution is -2.51. The third-order valence-corrected chi connectivity index (χ3v) is 3.42. The molecule has 1 saturated heterocycles. The quantitative estimate of drug-likeness (QED) is 0.804. The fourth-order valence-corrected chi connectivity index (χ4v) is 1.97. The molecule has 16 heavy (non-hydrogen) atoms. The highest BCUT2D eigenvalue weighted by molar-refractivity contribution is 5.65. The van der Waals surface area contributed by atoms with Crippen molar-refractivity contribution in [1.29, 1.82) is 0 Å². The molecular weight excluding hydrogens is 211 g/mol. The summed E-state index contributed by atoms with van der Waals surface area (Å²) >= 11 is 0. The molecule has 0 atom stereocenters. The van der Waals surface area contributed by atoms with Crippen LogP contribution in [0.5, 0.6) is 0 Å². The van der Waals surface area contributed by atoms with Crippen molar-refractivity contribution in [2.45, 2.75) is 32.4 Å². The predicted molar refractivity (Wildman–Crippen MR) is 60.5 cm³/mol. The molecule has 0 bridgehead atoms. The van der Waals surface area contributed by atoms with Crippen molar-refractivity contribution in [3.63, 3.8) is 0 Å². The number of halogens is 1. The maximum atomic E-state index is 14.1. The maximum absolute atomic E-state index is 14.1. The minimum absolute atomic E-state index is 0.424. The molecule has 0 aromatic heterocycles. The highest BCUT2D eigenvalue weighted by atomic mass is 19.1. The van der Waals surface area contributed by atoms with E-state index in [0.29, 0.717) is 45.6 Å². The van der Waals surface area contributed by atoms with Gasteiger partial charge in [0.05, 0.1) is 0 Å². The number of rotatable bonds is 4. The number of amides is 1. The molecule has 5 heteroatoms. The van der Waals surface area contributed by atoms with E-state index in [0.717, 1.165) is 0 Å². The second-order valence-electron chi connectivity index (χ2n) is 4.40. The van der Waals surface area contributed by atoms with E-state index in [4.69, 9.17) is 5.11 Å². The number of alkyl halides is 1. The Morgan fingerprint density at radius 3 is 2.12 bits per heavy atom. The van der Waals surface area contributed by atoms with Gasteiger partial charge in [-0.1, -0.05) is 13.8 Å². The molecule has 0 aliphatic carbocycles. The average Bonchev–Trinajstić information content (AvgIpc) is 2.29. The minimum atomic E-state index is -1.12. The van der Waals surface area contributed by atoms with Crippen LogP contribution in [0.15, 0.2) is 0 Å². The van der Waals surface area contributed by atoms with Crippen LogP contribution in [-0.2, 0) is 0 Å². The summed E-state index contributed by atoms with van der Waals surface area (Å²) in [6, 6.07) is 0. The fourth-order valence-electron chi connectivity index (χ4n) is 1.97. The van der Waals surface area contributed by atoms with Crippen LogP contribution in [0.1, 0.15) is 26.7 Å². The lowest BCUT2D eigenvalue weighted by Gasteiger charge is -2.36. The topological polar surface area (TPSA) is 43.8 Å². The zero-order chi connectivity index (χ0) is 12.2. The molecule has 4 nitrogen and oxygen atoms in total. The molecule has 0 saturated carbocycles. The van der Waals surface area contributed by atoms with Gasteiger partial charge >= 0.3 is 6.09 Å². The molecule has 1 amide bonds. The Labute approximate surface area is 96.0 Å². The molecule has 1 fully saturated rings. The monoisotopic (exact) mass is 232 g/mol. The Hall–Kier alpha value is -0.840. The summed E-state index contributed by atoms with van der Waals surface area (Å²) in [6.45, 7) is 6.38. The van der Waals surface area contributed by atoms with E-state index < -0.39 is 11.8 Å². The van der Waals surface area contributed by atoms with E-state index in [2.05, 4.69) is 0 Å². The van der Waals surface area contributed by atoms with Crippen LogP contribution >= 0.6 is 0 Å². The molecule has 0 unspecified atom stereocenters. The molecular formula is C11H21FN2O2. The summed E-state index contributed by atoms with van der Waals surface area (Å²) in [6.07, 6.45) is 0.155. The molecule has 0 spiro atoms. The standard InChI is InChI=1S/C11H21FN2O2/c1-3-11(12,4-2)9-13-5-7-14(8-6-13)10(15)16/h3-9H2,1-2H3,(H,15,16). The number of piperazine rings is 1. The van der Waals surface area contributed by atoms with Gasteiger partial charge in [-0.25, -0.2) is 9.18 Å². The molecule has 0 radical (unpaired) electrons. The Bertz CT molecular complexity index is 236. The van der Waals surface area contributed by atoms with Gasteiger partial charge in [0.1, 0.15) is 5.67 Å². The van der Waals surface area contributed by atoms with Crippen molar-refractivity contribution in [1.82, 2.24) is 9.80 Å². The first-order valence-corrected chi connectivity index (χ1v) is 5.90. The van der Waals surface area contributed by atoms with Gasteiger partial charge in [-0.2, -0.15) is 0 Å². The van der Waals surface area contributed by atoms with Crippen molar-refractivity contribution >= 4 is 6.09 Å². The first-order valence-electron chi connectivity index (χ1n) is 5.90. The van der Waals surface area contributed by atoms with Crippen molar-refractivity contribution in [2.75, 3.05) is 32.7 Å². The summed E-state index contributed by atoms with van der Waals surface area (Å²) in [5.74, 6) is 0. The summed E-state index contributed by atoms with van der Waals surface area (Å²) in [5.41, 5.74) is -1.12. The number of nitrogens with zero attached hydrogens (tertiary/aromatic N) is 2. The molecule has 1 heterocycles. The molecule has 94 valence electrons. The fraction of sp³-hybridized carbons (Fsp3) is 0.909. The molecule has 0 aromatic carbocycles. The second kappa shape index (κ2) is 5.48. The van der Waals surface area contributed by atoms with Gasteiger partial charge in [0.25, 0.3) is 0 Å². The van der Waals surface area contributed by atoms with Crippen LogP contribution in [-0.4, -0.2) is 59.4 Å². The normalized spacial score (nSPS) is 18.8. The minimum Gasteiger partial charge on any atom is -0.465 e. The maximum Gasteiger partial charge on any atom is 0.407 e. The van der Waals surface area contributed by atoms with Gasteiger partial charge in [0.15, 0.2) is 0 Å². The van der Waals surface area contributed by atoms with Gasteiger partial charge in [0, 0.05) is 32.7 Å². The van der Waals surface area contributed by atoms with Crippen LogP contribution in [0.25, 0.3) is 0 Å². The molecule has 0 aromatic rings. The summed E-state index contributed by atoms with van der Waals surface area (Å²) in [5, 5.41) is 8.78. The Morgan fingerprint density at radius 1 is 1.25 bits per heavy atom. The van der Waals surface area contributed by atoms with E-state index in [9.17, 15) is 9.18 Å². The summed E-state index contributed by atoms with van der Waals surface area (Å²) in [4.78, 5) is 14.1. The van der Waals surface area contributed by atoms with E-state index in [-0.39, 0.29) is 0 Å². The predicted octanol–water partition coefficient (Wildman–Crippen LogP) is 1.81. The van der Waals surface area contributed by atoms with Crippen molar-refractivity contribution in [3.05, 3.63) is 0 Å². The van der Waals surface area contributed by atoms with Gasteiger partial charge in [0.2, 0.25) is 0 Å². The Balaban J connectivity index is 2.40. The van der Waals surface area contributed by atoms with E-state index in [1.165, 1.54) is 4.90 Å². The summed E-state index contributed by atoms with van der Waals surface area (Å²) in [7, 11) is 0. The zero-order valence-electron chi connectivity index (χ0n) is 10.1. The zero-order valence-corrected chi connectivity index (χ0v) is 10.1. The number of carbonyl (C=O) groups is 1. The van der Waals surface area contributed by atoms with Crippen molar-refractivity contribution in [2.24, 2.45) is 0 Å². The lowest BCUT2D eigenvalue weighted by molar-refractivity contribution is 0.0512. The van der Waals surface area contributed by atoms with Crippen LogP contribution in [0.4, 0.5) is 9.18 Å². The van der Waals surface area contributed by atoms with Crippen molar-refractivity contribution < 1.29 is 14.3 Å². The second-order valence-corrected chi connectivity index (χ2v) is 4.40. The third-order valence-electron chi connectivity index (χ3n) is 3.42. The SMILES string of the molecule is CCC(F)(CC)CN1CCN(C(=O)O)CC1. The molecule has 1 aliphatic rings. The smallest absolute Gasteiger partial charge is 0.407 e.